The SMILES string of the molecule is O=C(O)CC1CCCN1C(=O)c1ccc2c(c1)CCC=C2. The highest BCUT2D eigenvalue weighted by molar-refractivity contribution is 5.95. The van der Waals surface area contributed by atoms with E-state index in [1.165, 1.54) is 11.1 Å². The fourth-order valence-electron chi connectivity index (χ4n) is 3.25. The molecule has 1 unspecified atom stereocenters. The van der Waals surface area contributed by atoms with Gasteiger partial charge in [-0.15, -0.1) is 0 Å². The predicted octanol–water partition coefficient (Wildman–Crippen LogP) is 2.73. The van der Waals surface area contributed by atoms with Crippen molar-refractivity contribution in [1.29, 1.82) is 0 Å². The Hall–Kier alpha value is -2.10. The molecule has 1 aromatic rings. The molecule has 110 valence electrons. The summed E-state index contributed by atoms with van der Waals surface area (Å²) in [6.45, 7) is 0.660. The van der Waals surface area contributed by atoms with E-state index in [-0.39, 0.29) is 18.4 Å². The van der Waals surface area contributed by atoms with E-state index in [0.29, 0.717) is 12.1 Å². The van der Waals surface area contributed by atoms with Gasteiger partial charge < -0.3 is 10.0 Å². The lowest BCUT2D eigenvalue weighted by Gasteiger charge is -2.24. The molecule has 1 atom stereocenters. The number of aliphatic carboxylic acids is 1. The van der Waals surface area contributed by atoms with E-state index in [4.69, 9.17) is 5.11 Å². The Labute approximate surface area is 124 Å². The molecule has 1 fully saturated rings. The van der Waals surface area contributed by atoms with Crippen LogP contribution in [0.25, 0.3) is 6.08 Å². The molecule has 0 aromatic heterocycles. The Morgan fingerprint density at radius 2 is 2.19 bits per heavy atom. The van der Waals surface area contributed by atoms with Crippen molar-refractivity contribution < 1.29 is 14.7 Å². The fourth-order valence-corrected chi connectivity index (χ4v) is 3.25. The quantitative estimate of drug-likeness (QED) is 0.929. The summed E-state index contributed by atoms with van der Waals surface area (Å²) < 4.78 is 0. The van der Waals surface area contributed by atoms with Crippen LogP contribution in [0.4, 0.5) is 0 Å². The first-order valence-corrected chi connectivity index (χ1v) is 7.47. The molecular formula is C17H19NO3. The van der Waals surface area contributed by atoms with Crippen molar-refractivity contribution in [2.24, 2.45) is 0 Å². The summed E-state index contributed by atoms with van der Waals surface area (Å²) in [6, 6.07) is 5.65. The number of nitrogens with zero attached hydrogens (tertiary/aromatic N) is 1. The Morgan fingerprint density at radius 3 is 3.00 bits per heavy atom. The van der Waals surface area contributed by atoms with Crippen LogP contribution >= 0.6 is 0 Å². The van der Waals surface area contributed by atoms with Gasteiger partial charge in [0.15, 0.2) is 0 Å². The maximum Gasteiger partial charge on any atom is 0.305 e. The largest absolute Gasteiger partial charge is 0.481 e. The molecule has 21 heavy (non-hydrogen) atoms. The van der Waals surface area contributed by atoms with Crippen molar-refractivity contribution >= 4 is 18.0 Å². The summed E-state index contributed by atoms with van der Waals surface area (Å²) in [4.78, 5) is 25.3. The highest BCUT2D eigenvalue weighted by atomic mass is 16.4. The molecule has 1 N–H and O–H groups in total. The molecule has 1 saturated heterocycles. The van der Waals surface area contributed by atoms with Crippen molar-refractivity contribution in [1.82, 2.24) is 4.90 Å². The van der Waals surface area contributed by atoms with E-state index >= 15 is 0 Å². The van der Waals surface area contributed by atoms with Crippen LogP contribution in [0, 0.1) is 0 Å². The third kappa shape index (κ3) is 2.84. The molecule has 3 rings (SSSR count). The molecule has 4 nitrogen and oxygen atoms in total. The number of hydrogen-bond acceptors (Lipinski definition) is 2. The van der Waals surface area contributed by atoms with Crippen LogP contribution in [-0.4, -0.2) is 34.5 Å². The average molecular weight is 285 g/mol. The van der Waals surface area contributed by atoms with Crippen LogP contribution in [0.1, 0.15) is 47.2 Å². The summed E-state index contributed by atoms with van der Waals surface area (Å²) in [5, 5.41) is 8.96. The first-order valence-electron chi connectivity index (χ1n) is 7.47. The van der Waals surface area contributed by atoms with E-state index in [0.717, 1.165) is 25.7 Å². The summed E-state index contributed by atoms with van der Waals surface area (Å²) in [7, 11) is 0. The van der Waals surface area contributed by atoms with E-state index in [1.54, 1.807) is 4.90 Å². The normalized spacial score (nSPS) is 20.4. The minimum atomic E-state index is -0.838. The number of carboxylic acids is 1. The highest BCUT2D eigenvalue weighted by Crippen LogP contribution is 2.25. The lowest BCUT2D eigenvalue weighted by atomic mass is 9.95. The van der Waals surface area contributed by atoms with Gasteiger partial charge in [0.1, 0.15) is 0 Å². The molecule has 0 spiro atoms. The van der Waals surface area contributed by atoms with E-state index in [2.05, 4.69) is 12.2 Å². The number of benzene rings is 1. The smallest absolute Gasteiger partial charge is 0.305 e. The van der Waals surface area contributed by atoms with Gasteiger partial charge in [-0.3, -0.25) is 9.59 Å². The van der Waals surface area contributed by atoms with Crippen molar-refractivity contribution in [2.45, 2.75) is 38.1 Å². The van der Waals surface area contributed by atoms with Gasteiger partial charge in [-0.1, -0.05) is 18.2 Å². The zero-order valence-electron chi connectivity index (χ0n) is 11.9. The van der Waals surface area contributed by atoms with Gasteiger partial charge in [-0.2, -0.15) is 0 Å². The molecule has 2 aliphatic rings. The Bertz CT molecular complexity index is 606. The molecule has 1 aliphatic heterocycles. The molecular weight excluding hydrogens is 266 g/mol. The molecule has 4 heteroatoms. The Balaban J connectivity index is 1.81. The van der Waals surface area contributed by atoms with Gasteiger partial charge in [-0.25, -0.2) is 0 Å². The zero-order valence-corrected chi connectivity index (χ0v) is 11.9. The van der Waals surface area contributed by atoms with Crippen molar-refractivity contribution in [3.63, 3.8) is 0 Å². The van der Waals surface area contributed by atoms with Gasteiger partial charge in [0.05, 0.1) is 6.42 Å². The zero-order chi connectivity index (χ0) is 14.8. The number of likely N-dealkylation sites (tertiary alicyclic amines) is 1. The summed E-state index contributed by atoms with van der Waals surface area (Å²) in [5.41, 5.74) is 3.07. The average Bonchev–Trinajstić information content (AvgIpc) is 2.93. The van der Waals surface area contributed by atoms with Gasteiger partial charge in [0.2, 0.25) is 0 Å². The van der Waals surface area contributed by atoms with Crippen molar-refractivity contribution in [2.75, 3.05) is 6.54 Å². The molecule has 1 heterocycles. The predicted molar refractivity (Wildman–Crippen MR) is 80.1 cm³/mol. The van der Waals surface area contributed by atoms with Crippen LogP contribution < -0.4 is 0 Å². The second-order valence-electron chi connectivity index (χ2n) is 5.75. The number of allylic oxidation sites excluding steroid dienone is 1. The van der Waals surface area contributed by atoms with E-state index in [1.807, 2.05) is 18.2 Å². The van der Waals surface area contributed by atoms with Gasteiger partial charge in [0.25, 0.3) is 5.91 Å². The minimum absolute atomic E-state index is 0.0314. The monoisotopic (exact) mass is 285 g/mol. The fraction of sp³-hybridized carbons (Fsp3) is 0.412. The molecule has 1 aromatic carbocycles. The summed E-state index contributed by atoms with van der Waals surface area (Å²) in [6.07, 6.45) is 7.92. The molecule has 0 bridgehead atoms. The van der Waals surface area contributed by atoms with Crippen LogP contribution in [-0.2, 0) is 11.2 Å². The Morgan fingerprint density at radius 1 is 1.33 bits per heavy atom. The van der Waals surface area contributed by atoms with Crippen LogP contribution in [0.3, 0.4) is 0 Å². The number of rotatable bonds is 3. The molecule has 0 saturated carbocycles. The highest BCUT2D eigenvalue weighted by Gasteiger charge is 2.31. The van der Waals surface area contributed by atoms with Gasteiger partial charge >= 0.3 is 5.97 Å². The Kier molecular flexibility index (Phi) is 3.78. The number of carboxylic acid groups (broad SMARTS) is 1. The van der Waals surface area contributed by atoms with Gasteiger partial charge in [0, 0.05) is 18.2 Å². The number of fused-ring (bicyclic) bond motifs is 1. The number of amides is 1. The lowest BCUT2D eigenvalue weighted by molar-refractivity contribution is -0.137. The van der Waals surface area contributed by atoms with Crippen molar-refractivity contribution in [3.8, 4) is 0 Å². The van der Waals surface area contributed by atoms with E-state index < -0.39 is 5.97 Å². The maximum atomic E-state index is 12.6. The molecule has 0 radical (unpaired) electrons. The maximum absolute atomic E-state index is 12.6. The van der Waals surface area contributed by atoms with E-state index in [9.17, 15) is 9.59 Å². The number of aryl methyl sites for hydroxylation is 1. The molecule has 1 amide bonds. The number of carbonyl (C=O) groups excluding carboxylic acids is 1. The second kappa shape index (κ2) is 5.72. The van der Waals surface area contributed by atoms with Gasteiger partial charge in [-0.05, 0) is 48.9 Å². The first kappa shape index (κ1) is 13.9. The standard InChI is InChI=1S/C17H19NO3/c19-16(20)11-15-6-3-9-18(15)17(21)14-8-7-12-4-1-2-5-13(12)10-14/h1,4,7-8,10,15H,2-3,5-6,9,11H2,(H,19,20). The third-order valence-corrected chi connectivity index (χ3v) is 4.32. The van der Waals surface area contributed by atoms with Crippen LogP contribution in [0.2, 0.25) is 0 Å². The van der Waals surface area contributed by atoms with Crippen LogP contribution in [0.15, 0.2) is 24.3 Å². The summed E-state index contributed by atoms with van der Waals surface area (Å²) >= 11 is 0. The number of hydrogen-bond donors (Lipinski definition) is 1. The minimum Gasteiger partial charge on any atom is -0.481 e. The number of carbonyl (C=O) groups is 2. The van der Waals surface area contributed by atoms with Crippen molar-refractivity contribution in [3.05, 3.63) is 41.0 Å². The summed E-state index contributed by atoms with van der Waals surface area (Å²) in [5.74, 6) is -0.869. The molecule has 1 aliphatic carbocycles. The first-order chi connectivity index (χ1) is 10.1. The topological polar surface area (TPSA) is 57.6 Å². The van der Waals surface area contributed by atoms with Crippen LogP contribution in [0.5, 0.6) is 0 Å². The lowest BCUT2D eigenvalue weighted by Crippen LogP contribution is -2.36. The second-order valence-corrected chi connectivity index (χ2v) is 5.75. The third-order valence-electron chi connectivity index (χ3n) is 4.32.